The van der Waals surface area contributed by atoms with Gasteiger partial charge in [0.15, 0.2) is 24.0 Å². The van der Waals surface area contributed by atoms with E-state index in [2.05, 4.69) is 23.5 Å². The molecule has 1 fully saturated rings. The van der Waals surface area contributed by atoms with Crippen LogP contribution in [0.4, 0.5) is 30.7 Å². The fraction of sp³-hybridized carbons (Fsp3) is 0.379. The fourth-order valence-electron chi connectivity index (χ4n) is 4.86. The third kappa shape index (κ3) is 6.38. The number of rotatable bonds is 5. The Morgan fingerprint density at radius 1 is 0.892 bits per heavy atom. The molecule has 0 unspecified atom stereocenters. The summed E-state index contributed by atoms with van der Waals surface area (Å²) in [5, 5.41) is -0.340. The highest BCUT2D eigenvalue weighted by Gasteiger charge is 2.30. The zero-order valence-corrected chi connectivity index (χ0v) is 20.1. The lowest BCUT2D eigenvalue weighted by Crippen LogP contribution is -2.20. The van der Waals surface area contributed by atoms with Crippen molar-refractivity contribution in [3.8, 4) is 28.7 Å². The van der Waals surface area contributed by atoms with Crippen molar-refractivity contribution in [1.82, 2.24) is 0 Å². The summed E-state index contributed by atoms with van der Waals surface area (Å²) in [5.74, 6) is 1.27. The maximum atomic E-state index is 15.0. The van der Waals surface area contributed by atoms with Crippen LogP contribution in [0.1, 0.15) is 51.0 Å². The number of hydrogen-bond acceptors (Lipinski definition) is 1. The summed E-state index contributed by atoms with van der Waals surface area (Å²) in [7, 11) is 0. The largest absolute Gasteiger partial charge is 0.478 e. The first-order chi connectivity index (χ1) is 17.6. The van der Waals surface area contributed by atoms with Gasteiger partial charge in [-0.3, -0.25) is 0 Å². The Morgan fingerprint density at radius 3 is 2.19 bits per heavy atom. The molecule has 0 saturated heterocycles. The standard InChI is InChI=1S/C29H25F7O/c1-2-3-17-4-6-18(7-5-17)8-9-19-12-23(30)26(24(31)13-19)20-10-11-22-21(14-20)15-25(32)28(27(22)33)37-16-29(34,35)36/h10-15,17-18H,2-7,16H2,1H3. The van der Waals surface area contributed by atoms with Crippen molar-refractivity contribution in [2.24, 2.45) is 11.8 Å². The smallest absolute Gasteiger partial charge is 0.422 e. The Labute approximate surface area is 210 Å². The lowest BCUT2D eigenvalue weighted by molar-refractivity contribution is -0.154. The molecule has 0 amide bonds. The first kappa shape index (κ1) is 26.8. The van der Waals surface area contributed by atoms with E-state index in [-0.39, 0.29) is 27.8 Å². The Bertz CT molecular complexity index is 1320. The quantitative estimate of drug-likeness (QED) is 0.240. The molecule has 0 heterocycles. The molecule has 8 heteroatoms. The maximum Gasteiger partial charge on any atom is 0.422 e. The van der Waals surface area contributed by atoms with E-state index in [4.69, 9.17) is 0 Å². The van der Waals surface area contributed by atoms with Gasteiger partial charge in [0.05, 0.1) is 5.56 Å². The summed E-state index contributed by atoms with van der Waals surface area (Å²) >= 11 is 0. The molecule has 0 bridgehead atoms. The van der Waals surface area contributed by atoms with Gasteiger partial charge in [-0.1, -0.05) is 43.7 Å². The molecule has 0 aromatic heterocycles. The van der Waals surface area contributed by atoms with Crippen LogP contribution in [0.5, 0.6) is 5.75 Å². The summed E-state index contributed by atoms with van der Waals surface area (Å²) in [4.78, 5) is 0. The van der Waals surface area contributed by atoms with Crippen LogP contribution in [0.3, 0.4) is 0 Å². The number of ether oxygens (including phenoxy) is 1. The van der Waals surface area contributed by atoms with Gasteiger partial charge in [-0.15, -0.1) is 0 Å². The van der Waals surface area contributed by atoms with Gasteiger partial charge < -0.3 is 4.74 Å². The van der Waals surface area contributed by atoms with Crippen molar-refractivity contribution in [2.75, 3.05) is 6.61 Å². The lowest BCUT2D eigenvalue weighted by atomic mass is 9.80. The summed E-state index contributed by atoms with van der Waals surface area (Å²) in [6.07, 6.45) is 1.73. The molecule has 0 radical (unpaired) electrons. The van der Waals surface area contributed by atoms with E-state index >= 15 is 0 Å². The van der Waals surface area contributed by atoms with Gasteiger partial charge in [0.1, 0.15) is 11.6 Å². The SMILES string of the molecule is CCCC1CCC(C#Cc2cc(F)c(-c3ccc4c(F)c(OCC(F)(F)F)c(F)cc4c3)c(F)c2)CC1. The van der Waals surface area contributed by atoms with Crippen LogP contribution in [0, 0.1) is 46.9 Å². The number of alkyl halides is 3. The number of fused-ring (bicyclic) bond motifs is 1. The summed E-state index contributed by atoms with van der Waals surface area (Å²) < 4.78 is 100. The average molecular weight is 523 g/mol. The van der Waals surface area contributed by atoms with Gasteiger partial charge in [-0.05, 0) is 66.8 Å². The van der Waals surface area contributed by atoms with E-state index in [1.165, 1.54) is 12.5 Å². The van der Waals surface area contributed by atoms with Crippen LogP contribution in [-0.4, -0.2) is 12.8 Å². The van der Waals surface area contributed by atoms with Crippen LogP contribution in [-0.2, 0) is 0 Å². The van der Waals surface area contributed by atoms with Crippen molar-refractivity contribution < 1.29 is 35.5 Å². The normalized spacial score (nSPS) is 17.9. The summed E-state index contributed by atoms with van der Waals surface area (Å²) in [6, 6.07) is 6.48. The first-order valence-corrected chi connectivity index (χ1v) is 12.2. The molecule has 4 rings (SSSR count). The van der Waals surface area contributed by atoms with Gasteiger partial charge in [0.2, 0.25) is 0 Å². The van der Waals surface area contributed by atoms with Crippen LogP contribution >= 0.6 is 0 Å². The van der Waals surface area contributed by atoms with E-state index < -0.39 is 47.4 Å². The molecule has 3 aromatic carbocycles. The Hall–Kier alpha value is -3.21. The molecule has 1 aliphatic carbocycles. The zero-order valence-electron chi connectivity index (χ0n) is 20.1. The van der Waals surface area contributed by atoms with Gasteiger partial charge in [-0.2, -0.15) is 13.2 Å². The second kappa shape index (κ2) is 11.0. The average Bonchev–Trinajstić information content (AvgIpc) is 2.82. The van der Waals surface area contributed by atoms with Crippen LogP contribution in [0.15, 0.2) is 36.4 Å². The molecule has 1 aliphatic rings. The first-order valence-electron chi connectivity index (χ1n) is 12.2. The monoisotopic (exact) mass is 522 g/mol. The van der Waals surface area contributed by atoms with Crippen LogP contribution in [0.2, 0.25) is 0 Å². The minimum absolute atomic E-state index is 0.0130. The van der Waals surface area contributed by atoms with Crippen molar-refractivity contribution >= 4 is 10.8 Å². The fourth-order valence-corrected chi connectivity index (χ4v) is 4.86. The minimum atomic E-state index is -4.78. The number of halogens is 7. The number of hydrogen-bond donors (Lipinski definition) is 0. The van der Waals surface area contributed by atoms with Crippen molar-refractivity contribution in [1.29, 1.82) is 0 Å². The second-order valence-electron chi connectivity index (χ2n) is 9.43. The van der Waals surface area contributed by atoms with E-state index in [0.29, 0.717) is 0 Å². The van der Waals surface area contributed by atoms with Gasteiger partial charge >= 0.3 is 6.18 Å². The lowest BCUT2D eigenvalue weighted by Gasteiger charge is -2.25. The second-order valence-corrected chi connectivity index (χ2v) is 9.43. The summed E-state index contributed by atoms with van der Waals surface area (Å²) in [6.45, 7) is 0.302. The molecule has 3 aromatic rings. The molecule has 0 N–H and O–H groups in total. The van der Waals surface area contributed by atoms with E-state index in [1.54, 1.807) is 0 Å². The van der Waals surface area contributed by atoms with Crippen molar-refractivity contribution in [3.05, 3.63) is 65.2 Å². The highest BCUT2D eigenvalue weighted by molar-refractivity contribution is 5.89. The van der Waals surface area contributed by atoms with Crippen molar-refractivity contribution in [2.45, 2.75) is 51.6 Å². The molecule has 0 atom stereocenters. The predicted octanol–water partition coefficient (Wildman–Crippen LogP) is 8.96. The highest BCUT2D eigenvalue weighted by Crippen LogP contribution is 2.35. The third-order valence-corrected chi connectivity index (χ3v) is 6.66. The van der Waals surface area contributed by atoms with E-state index in [9.17, 15) is 30.7 Å². The Morgan fingerprint density at radius 2 is 1.57 bits per heavy atom. The highest BCUT2D eigenvalue weighted by atomic mass is 19.4. The Kier molecular flexibility index (Phi) is 8.01. The molecule has 0 spiro atoms. The van der Waals surface area contributed by atoms with E-state index in [0.717, 1.165) is 68.4 Å². The molecule has 0 aliphatic heterocycles. The molecule has 37 heavy (non-hydrogen) atoms. The molecular formula is C29H25F7O. The van der Waals surface area contributed by atoms with Gasteiger partial charge in [0.25, 0.3) is 0 Å². The third-order valence-electron chi connectivity index (χ3n) is 6.66. The molecule has 1 saturated carbocycles. The Balaban J connectivity index is 1.58. The maximum absolute atomic E-state index is 15.0. The van der Waals surface area contributed by atoms with Crippen molar-refractivity contribution in [3.63, 3.8) is 0 Å². The minimum Gasteiger partial charge on any atom is -0.478 e. The van der Waals surface area contributed by atoms with Crippen LogP contribution < -0.4 is 4.74 Å². The summed E-state index contributed by atoms with van der Waals surface area (Å²) in [5.41, 5.74) is -0.191. The predicted molar refractivity (Wildman–Crippen MR) is 128 cm³/mol. The van der Waals surface area contributed by atoms with Gasteiger partial charge in [0, 0.05) is 16.9 Å². The molecular weight excluding hydrogens is 497 g/mol. The number of benzene rings is 3. The molecule has 196 valence electrons. The molecule has 1 nitrogen and oxygen atoms in total. The van der Waals surface area contributed by atoms with Crippen LogP contribution in [0.25, 0.3) is 21.9 Å². The zero-order chi connectivity index (χ0) is 26.7. The van der Waals surface area contributed by atoms with E-state index in [1.807, 2.05) is 0 Å². The topological polar surface area (TPSA) is 9.23 Å². The van der Waals surface area contributed by atoms with Gasteiger partial charge in [-0.25, -0.2) is 17.6 Å².